The molecule has 2 saturated heterocycles. The number of benzene rings is 1. The quantitative estimate of drug-likeness (QED) is 0.176. The van der Waals surface area contributed by atoms with Crippen LogP contribution in [0.2, 0.25) is 0 Å². The van der Waals surface area contributed by atoms with Crippen LogP contribution in [-0.4, -0.2) is 82.5 Å². The molecule has 1 unspecified atom stereocenters. The molecule has 0 spiro atoms. The van der Waals surface area contributed by atoms with Crippen molar-refractivity contribution < 1.29 is 68.2 Å². The van der Waals surface area contributed by atoms with Crippen LogP contribution in [0.4, 0.5) is 15.3 Å². The first-order valence-electron chi connectivity index (χ1n) is 10.9. The van der Waals surface area contributed by atoms with Crippen LogP contribution in [0.1, 0.15) is 12.5 Å². The van der Waals surface area contributed by atoms with Crippen molar-refractivity contribution in [3.05, 3.63) is 41.1 Å². The molecular weight excluding hydrogens is 517 g/mol. The molecule has 1 aromatic carbocycles. The minimum Gasteiger partial charge on any atom is -0.543 e. The van der Waals surface area contributed by atoms with E-state index >= 15 is 0 Å². The Bertz CT molecular complexity index is 1190. The number of anilines is 1. The van der Waals surface area contributed by atoms with E-state index in [0.717, 1.165) is 9.80 Å². The van der Waals surface area contributed by atoms with Crippen molar-refractivity contribution in [3.63, 3.8) is 0 Å². The van der Waals surface area contributed by atoms with E-state index in [-0.39, 0.29) is 66.2 Å². The number of amides is 6. The summed E-state index contributed by atoms with van der Waals surface area (Å²) >= 11 is 1.23. The van der Waals surface area contributed by atoms with Crippen LogP contribution in [0.25, 0.3) is 0 Å². The summed E-state index contributed by atoms with van der Waals surface area (Å²) in [6, 6.07) is 4.45. The van der Waals surface area contributed by atoms with E-state index in [1.54, 1.807) is 24.3 Å². The summed E-state index contributed by atoms with van der Waals surface area (Å²) in [6.07, 6.45) is -0.176. The standard InChI is InChI=1S/C22H23N5O8S.Na/c1-11(28)35-9-13-10-36-19-16(18(30)27(19)17(13)20(31)32)25-15(29)8-12-4-2-3-5-14(12)24-22(34)26-7-6-23-21(26)33;/h2-5,16,19H,6-10H2,1H3,(H,23,33)(H,24,34)(H,25,29)(H,31,32);/q;+1/p-1/t16?,19-;/m1./s1. The van der Waals surface area contributed by atoms with Gasteiger partial charge in [-0.05, 0) is 11.6 Å². The third-order valence-electron chi connectivity index (χ3n) is 5.72. The summed E-state index contributed by atoms with van der Waals surface area (Å²) in [5, 5.41) is 18.8. The smallest absolute Gasteiger partial charge is 0.543 e. The van der Waals surface area contributed by atoms with Crippen LogP contribution < -0.4 is 50.6 Å². The van der Waals surface area contributed by atoms with Gasteiger partial charge in [0.2, 0.25) is 5.91 Å². The Morgan fingerprint density at radius 2 is 1.95 bits per heavy atom. The molecule has 0 aliphatic carbocycles. The fourth-order valence-electron chi connectivity index (χ4n) is 4.01. The van der Waals surface area contributed by atoms with Gasteiger partial charge in [-0.25, -0.2) is 14.5 Å². The van der Waals surface area contributed by atoms with Gasteiger partial charge >= 0.3 is 47.6 Å². The van der Waals surface area contributed by atoms with Crippen LogP contribution in [-0.2, 0) is 30.3 Å². The number of carboxylic acid groups (broad SMARTS) is 1. The number of rotatable bonds is 7. The molecule has 3 aliphatic heterocycles. The summed E-state index contributed by atoms with van der Waals surface area (Å²) in [4.78, 5) is 74.4. The van der Waals surface area contributed by atoms with E-state index in [2.05, 4.69) is 16.0 Å². The number of carboxylic acids is 1. The van der Waals surface area contributed by atoms with Crippen LogP contribution in [0.5, 0.6) is 0 Å². The molecule has 37 heavy (non-hydrogen) atoms. The molecule has 15 heteroatoms. The minimum absolute atomic E-state index is 0. The molecule has 0 radical (unpaired) electrons. The SMILES string of the molecule is CC(=O)OCC1=C(C(=O)[O-])N2C(=O)C(NC(=O)Cc3ccccc3NC(=O)N3CCNC3=O)[C@H]2SC1.[Na+]. The number of urea groups is 2. The molecule has 13 nitrogen and oxygen atoms in total. The van der Waals surface area contributed by atoms with Crippen molar-refractivity contribution >= 4 is 53.3 Å². The van der Waals surface area contributed by atoms with Crippen molar-refractivity contribution in [2.24, 2.45) is 0 Å². The average molecular weight is 540 g/mol. The van der Waals surface area contributed by atoms with Crippen molar-refractivity contribution in [2.45, 2.75) is 24.8 Å². The van der Waals surface area contributed by atoms with E-state index < -0.39 is 47.2 Å². The number of imide groups is 1. The number of carbonyl (C=O) groups is 6. The van der Waals surface area contributed by atoms with Gasteiger partial charge in [0.15, 0.2) is 0 Å². The fraction of sp³-hybridized carbons (Fsp3) is 0.364. The van der Waals surface area contributed by atoms with Crippen LogP contribution >= 0.6 is 11.8 Å². The molecule has 3 N–H and O–H groups in total. The number of β-lactam (4-membered cyclic amide) rings is 1. The van der Waals surface area contributed by atoms with Gasteiger partial charge in [-0.2, -0.15) is 0 Å². The second-order valence-corrected chi connectivity index (χ2v) is 9.23. The number of nitrogens with zero attached hydrogens (tertiary/aromatic N) is 2. The minimum atomic E-state index is -1.57. The first kappa shape index (κ1) is 28.5. The first-order valence-corrected chi connectivity index (χ1v) is 12.0. The number of esters is 1. The van der Waals surface area contributed by atoms with E-state index in [4.69, 9.17) is 4.74 Å². The molecule has 4 rings (SSSR count). The number of hydrogen-bond acceptors (Lipinski definition) is 9. The van der Waals surface area contributed by atoms with Gasteiger partial charge < -0.3 is 30.6 Å². The number of nitrogens with one attached hydrogen (secondary N) is 3. The maximum absolute atomic E-state index is 12.8. The molecule has 190 valence electrons. The molecule has 6 amide bonds. The predicted octanol–water partition coefficient (Wildman–Crippen LogP) is -4.24. The molecular formula is C22H22N5NaO8S. The molecule has 2 atom stereocenters. The van der Waals surface area contributed by atoms with Gasteiger partial charge in [0.25, 0.3) is 5.91 Å². The summed E-state index contributed by atoms with van der Waals surface area (Å²) in [5.74, 6) is -3.12. The van der Waals surface area contributed by atoms with Crippen LogP contribution in [0, 0.1) is 0 Å². The molecule has 3 aliphatic rings. The van der Waals surface area contributed by atoms with Gasteiger partial charge in [-0.1, -0.05) is 18.2 Å². The number of aliphatic carboxylic acids is 1. The third kappa shape index (κ3) is 6.09. The summed E-state index contributed by atoms with van der Waals surface area (Å²) in [7, 11) is 0. The van der Waals surface area contributed by atoms with Gasteiger partial charge in [-0.3, -0.25) is 19.3 Å². The molecule has 0 saturated carbocycles. The second-order valence-electron chi connectivity index (χ2n) is 8.12. The Hall–Kier alpha value is -3.07. The maximum atomic E-state index is 12.8. The van der Waals surface area contributed by atoms with Gasteiger partial charge in [0.05, 0.1) is 18.1 Å². The number of fused-ring (bicyclic) bond motifs is 1. The number of ether oxygens (including phenoxy) is 1. The van der Waals surface area contributed by atoms with E-state index in [0.29, 0.717) is 17.8 Å². The second kappa shape index (κ2) is 12.0. The predicted molar refractivity (Wildman–Crippen MR) is 123 cm³/mol. The van der Waals surface area contributed by atoms with Crippen molar-refractivity contribution in [3.8, 4) is 0 Å². The van der Waals surface area contributed by atoms with Crippen molar-refractivity contribution in [1.82, 2.24) is 20.4 Å². The zero-order chi connectivity index (χ0) is 26.0. The molecule has 1 aromatic rings. The Morgan fingerprint density at radius 3 is 2.59 bits per heavy atom. The zero-order valence-corrected chi connectivity index (χ0v) is 22.9. The van der Waals surface area contributed by atoms with Crippen molar-refractivity contribution in [2.75, 3.05) is 30.8 Å². The van der Waals surface area contributed by atoms with Crippen LogP contribution in [0.15, 0.2) is 35.5 Å². The topological polar surface area (TPSA) is 177 Å². The molecule has 2 fully saturated rings. The molecule has 0 bridgehead atoms. The van der Waals surface area contributed by atoms with Gasteiger partial charge in [-0.15, -0.1) is 11.8 Å². The Morgan fingerprint density at radius 1 is 1.22 bits per heavy atom. The normalized spacial score (nSPS) is 20.2. The van der Waals surface area contributed by atoms with E-state index in [9.17, 15) is 33.9 Å². The molecule has 3 heterocycles. The first-order chi connectivity index (χ1) is 17.2. The zero-order valence-electron chi connectivity index (χ0n) is 20.1. The Balaban J connectivity index is 0.00000380. The Kier molecular flexibility index (Phi) is 9.23. The number of thioether (sulfide) groups is 1. The Labute approximate surface area is 237 Å². The fourth-order valence-corrected chi connectivity index (χ4v) is 5.34. The number of carbonyl (C=O) groups excluding carboxylic acids is 6. The van der Waals surface area contributed by atoms with Gasteiger partial charge in [0, 0.05) is 37.0 Å². The largest absolute Gasteiger partial charge is 1.00 e. The maximum Gasteiger partial charge on any atom is 1.00 e. The van der Waals surface area contributed by atoms with Crippen molar-refractivity contribution in [1.29, 1.82) is 0 Å². The van der Waals surface area contributed by atoms with Crippen LogP contribution in [0.3, 0.4) is 0 Å². The molecule has 0 aromatic heterocycles. The van der Waals surface area contributed by atoms with E-state index in [1.165, 1.54) is 18.7 Å². The average Bonchev–Trinajstić information content (AvgIpc) is 3.27. The summed E-state index contributed by atoms with van der Waals surface area (Å²) in [6.45, 7) is 1.48. The summed E-state index contributed by atoms with van der Waals surface area (Å²) < 4.78 is 4.88. The third-order valence-corrected chi connectivity index (χ3v) is 7.06. The van der Waals surface area contributed by atoms with E-state index in [1.807, 2.05) is 0 Å². The summed E-state index contributed by atoms with van der Waals surface area (Å²) in [5.41, 5.74) is 0.681. The van der Waals surface area contributed by atoms with Gasteiger partial charge in [0.1, 0.15) is 18.0 Å². The monoisotopic (exact) mass is 539 g/mol. The number of hydrogen-bond donors (Lipinski definition) is 3. The number of para-hydroxylation sites is 1.